The summed E-state index contributed by atoms with van der Waals surface area (Å²) in [5.41, 5.74) is 8.21. The highest BCUT2D eigenvalue weighted by molar-refractivity contribution is 7.32. The Balaban J connectivity index is 1.80. The molecular weight excluding hydrogens is 356 g/mol. The Labute approximate surface area is 162 Å². The zero-order valence-corrected chi connectivity index (χ0v) is 17.1. The molecule has 0 radical (unpaired) electrons. The fraction of sp³-hybridized carbons (Fsp3) is 0.364. The molecule has 0 atom stereocenters. The maximum atomic E-state index is 4.76. The standard InChI is InChI=1S/C22H23N2S2/c1-13-10-16(15-6-4-5-7-15)11-17(14(13)2)20-22-19(23-12-24(20)3)21-18(26-22)8-9-25-21/h8-12,15H,4-7H2,1-3H3/q+1. The minimum absolute atomic E-state index is 0.738. The van der Waals surface area contributed by atoms with Crippen LogP contribution in [0.5, 0.6) is 0 Å². The molecule has 5 rings (SSSR count). The van der Waals surface area contributed by atoms with Gasteiger partial charge in [-0.1, -0.05) is 18.9 Å². The topological polar surface area (TPSA) is 16.8 Å². The maximum Gasteiger partial charge on any atom is 0.287 e. The predicted molar refractivity (Wildman–Crippen MR) is 112 cm³/mol. The molecule has 3 heterocycles. The highest BCUT2D eigenvalue weighted by Gasteiger charge is 2.24. The van der Waals surface area contributed by atoms with Crippen LogP contribution in [0.3, 0.4) is 0 Å². The third-order valence-corrected chi connectivity index (χ3v) is 8.17. The van der Waals surface area contributed by atoms with Crippen molar-refractivity contribution in [1.29, 1.82) is 0 Å². The van der Waals surface area contributed by atoms with Gasteiger partial charge in [-0.3, -0.25) is 0 Å². The second-order valence-corrected chi connectivity index (χ2v) is 9.56. The monoisotopic (exact) mass is 379 g/mol. The Hall–Kier alpha value is -1.78. The zero-order chi connectivity index (χ0) is 17.8. The fourth-order valence-corrected chi connectivity index (χ4v) is 6.75. The lowest BCUT2D eigenvalue weighted by Crippen LogP contribution is -2.31. The average Bonchev–Trinajstić information content (AvgIpc) is 3.34. The van der Waals surface area contributed by atoms with E-state index in [2.05, 4.69) is 49.0 Å². The van der Waals surface area contributed by atoms with Gasteiger partial charge in [0.25, 0.3) is 6.33 Å². The van der Waals surface area contributed by atoms with Gasteiger partial charge in [-0.15, -0.1) is 22.7 Å². The first-order chi connectivity index (χ1) is 12.6. The second kappa shape index (κ2) is 6.14. The van der Waals surface area contributed by atoms with Gasteiger partial charge in [0.2, 0.25) is 5.52 Å². The summed E-state index contributed by atoms with van der Waals surface area (Å²) in [6, 6.07) is 7.13. The summed E-state index contributed by atoms with van der Waals surface area (Å²) in [5.74, 6) is 0.738. The summed E-state index contributed by atoms with van der Waals surface area (Å²) in [4.78, 5) is 4.76. The number of fused-ring (bicyclic) bond motifs is 3. The summed E-state index contributed by atoms with van der Waals surface area (Å²) in [6.07, 6.45) is 7.42. The van der Waals surface area contributed by atoms with Crippen LogP contribution in [0.25, 0.3) is 30.9 Å². The van der Waals surface area contributed by atoms with Gasteiger partial charge in [0.1, 0.15) is 4.70 Å². The highest BCUT2D eigenvalue weighted by Crippen LogP contribution is 2.42. The van der Waals surface area contributed by atoms with E-state index in [1.165, 1.54) is 67.7 Å². The van der Waals surface area contributed by atoms with E-state index in [0.29, 0.717) is 0 Å². The molecule has 1 aromatic carbocycles. The first kappa shape index (κ1) is 16.4. The van der Waals surface area contributed by atoms with E-state index in [1.54, 1.807) is 11.3 Å². The number of aromatic nitrogens is 2. The molecule has 0 unspecified atom stereocenters. The lowest BCUT2D eigenvalue weighted by molar-refractivity contribution is -0.662. The first-order valence-electron chi connectivity index (χ1n) is 9.39. The van der Waals surface area contributed by atoms with E-state index < -0.39 is 0 Å². The van der Waals surface area contributed by atoms with Crippen molar-refractivity contribution in [2.75, 3.05) is 0 Å². The van der Waals surface area contributed by atoms with Gasteiger partial charge in [-0.25, -0.2) is 4.57 Å². The highest BCUT2D eigenvalue weighted by atomic mass is 32.1. The molecule has 0 amide bonds. The molecule has 0 spiro atoms. The molecule has 0 aliphatic heterocycles. The van der Waals surface area contributed by atoms with Crippen LogP contribution in [0.4, 0.5) is 0 Å². The lowest BCUT2D eigenvalue weighted by atomic mass is 9.90. The number of hydrogen-bond donors (Lipinski definition) is 0. The predicted octanol–water partition coefficient (Wildman–Crippen LogP) is 6.28. The maximum absolute atomic E-state index is 4.76. The van der Waals surface area contributed by atoms with E-state index in [0.717, 1.165) is 11.4 Å². The van der Waals surface area contributed by atoms with Crippen molar-refractivity contribution in [1.82, 2.24) is 4.98 Å². The van der Waals surface area contributed by atoms with Crippen LogP contribution in [-0.4, -0.2) is 4.98 Å². The Bertz CT molecular complexity index is 1130. The van der Waals surface area contributed by atoms with Crippen molar-refractivity contribution in [3.63, 3.8) is 0 Å². The van der Waals surface area contributed by atoms with Crippen LogP contribution >= 0.6 is 22.7 Å². The summed E-state index contributed by atoms with van der Waals surface area (Å²) < 4.78 is 6.21. The number of hydrogen-bond acceptors (Lipinski definition) is 3. The Kier molecular flexibility index (Phi) is 3.87. The number of rotatable bonds is 2. The zero-order valence-electron chi connectivity index (χ0n) is 15.5. The molecule has 1 saturated carbocycles. The van der Waals surface area contributed by atoms with Gasteiger partial charge in [-0.2, -0.15) is 0 Å². The minimum Gasteiger partial charge on any atom is -0.231 e. The quantitative estimate of drug-likeness (QED) is 0.375. The van der Waals surface area contributed by atoms with Gasteiger partial charge in [0.05, 0.1) is 16.4 Å². The third-order valence-electron chi connectivity index (χ3n) is 5.97. The molecule has 4 aromatic rings. The van der Waals surface area contributed by atoms with E-state index in [-0.39, 0.29) is 0 Å². The lowest BCUT2D eigenvalue weighted by Gasteiger charge is -2.16. The minimum atomic E-state index is 0.738. The van der Waals surface area contributed by atoms with Crippen molar-refractivity contribution >= 4 is 42.3 Å². The number of nitrogens with zero attached hydrogens (tertiary/aromatic N) is 2. The molecule has 26 heavy (non-hydrogen) atoms. The van der Waals surface area contributed by atoms with Crippen molar-refractivity contribution in [2.24, 2.45) is 7.05 Å². The summed E-state index contributed by atoms with van der Waals surface area (Å²) in [5, 5.41) is 2.17. The molecule has 3 aromatic heterocycles. The fourth-order valence-electron chi connectivity index (χ4n) is 4.39. The number of benzene rings is 1. The summed E-state index contributed by atoms with van der Waals surface area (Å²) in [6.45, 7) is 4.54. The summed E-state index contributed by atoms with van der Waals surface area (Å²) in [7, 11) is 2.13. The molecule has 132 valence electrons. The van der Waals surface area contributed by atoms with E-state index >= 15 is 0 Å². The Morgan fingerprint density at radius 1 is 1.12 bits per heavy atom. The van der Waals surface area contributed by atoms with Gasteiger partial charge in [-0.05, 0) is 71.8 Å². The molecule has 1 aliphatic rings. The van der Waals surface area contributed by atoms with Crippen LogP contribution in [0.1, 0.15) is 48.3 Å². The van der Waals surface area contributed by atoms with Crippen LogP contribution in [0.15, 0.2) is 29.9 Å². The van der Waals surface area contributed by atoms with Crippen molar-refractivity contribution in [3.05, 3.63) is 46.6 Å². The first-order valence-corrected chi connectivity index (χ1v) is 11.1. The smallest absolute Gasteiger partial charge is 0.231 e. The van der Waals surface area contributed by atoms with Crippen LogP contribution in [-0.2, 0) is 7.05 Å². The SMILES string of the molecule is Cc1cc(C2CCCC2)cc(-c2c3sc4ccsc4c3nc[n+]2C)c1C. The molecule has 1 fully saturated rings. The van der Waals surface area contributed by atoms with Crippen LogP contribution in [0, 0.1) is 13.8 Å². The molecular formula is C22H23N2S2+. The van der Waals surface area contributed by atoms with Crippen molar-refractivity contribution in [2.45, 2.75) is 45.4 Å². The Morgan fingerprint density at radius 3 is 2.73 bits per heavy atom. The normalized spacial score (nSPS) is 15.5. The molecule has 2 nitrogen and oxygen atoms in total. The van der Waals surface area contributed by atoms with E-state index in [4.69, 9.17) is 4.98 Å². The molecule has 0 bridgehead atoms. The van der Waals surface area contributed by atoms with Crippen LogP contribution in [0.2, 0.25) is 0 Å². The number of aryl methyl sites for hydroxylation is 2. The molecule has 4 heteroatoms. The van der Waals surface area contributed by atoms with Crippen LogP contribution < -0.4 is 4.57 Å². The Morgan fingerprint density at radius 2 is 1.92 bits per heavy atom. The van der Waals surface area contributed by atoms with Gasteiger partial charge >= 0.3 is 0 Å². The average molecular weight is 380 g/mol. The number of thiophene rings is 2. The van der Waals surface area contributed by atoms with Gasteiger partial charge < -0.3 is 0 Å². The third kappa shape index (κ3) is 2.43. The second-order valence-electron chi connectivity index (χ2n) is 7.59. The van der Waals surface area contributed by atoms with Crippen molar-refractivity contribution in [3.8, 4) is 11.3 Å². The molecule has 1 aliphatic carbocycles. The summed E-state index contributed by atoms with van der Waals surface area (Å²) >= 11 is 3.69. The van der Waals surface area contributed by atoms with E-state index in [1.807, 2.05) is 17.7 Å². The van der Waals surface area contributed by atoms with Gasteiger partial charge in [0.15, 0.2) is 5.69 Å². The molecule has 0 saturated heterocycles. The van der Waals surface area contributed by atoms with Gasteiger partial charge in [0, 0.05) is 5.56 Å². The molecule has 0 N–H and O–H groups in total. The largest absolute Gasteiger partial charge is 0.287 e. The van der Waals surface area contributed by atoms with E-state index in [9.17, 15) is 0 Å². The van der Waals surface area contributed by atoms with Crippen molar-refractivity contribution < 1.29 is 4.57 Å².